The first-order chi connectivity index (χ1) is 13.3. The van der Waals surface area contributed by atoms with Crippen LogP contribution in [0.3, 0.4) is 0 Å². The molecule has 28 heavy (non-hydrogen) atoms. The van der Waals surface area contributed by atoms with Crippen LogP contribution < -0.4 is 0 Å². The van der Waals surface area contributed by atoms with Crippen LogP contribution in [-0.4, -0.2) is 71.2 Å². The first kappa shape index (κ1) is 23.1. The first-order valence-electron chi connectivity index (χ1n) is 8.82. The monoisotopic (exact) mass is 394 g/mol. The van der Waals surface area contributed by atoms with Crippen LogP contribution in [0.1, 0.15) is 19.8 Å². The highest BCUT2D eigenvalue weighted by molar-refractivity contribution is 5.91. The van der Waals surface area contributed by atoms with Crippen molar-refractivity contribution in [1.29, 1.82) is 0 Å². The third-order valence-electron chi connectivity index (χ3n) is 4.05. The standard InChI is InChI=1S/C19H26N2O7/c1-4-6-7-11-27-19(26)20(9-5-2)15(12-17(23)24)16(22)13-28-21-10-8-14(3)18(21)25/h4-7,14-15H,1-2,8-13H2,3H3,(H,23,24)/b7-6+. The number of amides is 2. The number of ether oxygens (including phenoxy) is 1. The summed E-state index contributed by atoms with van der Waals surface area (Å²) in [4.78, 5) is 54.2. The normalized spacial score (nSPS) is 17.4. The maximum absolute atomic E-state index is 12.6. The fourth-order valence-electron chi connectivity index (χ4n) is 2.54. The molecule has 0 aliphatic carbocycles. The van der Waals surface area contributed by atoms with Crippen LogP contribution in [0.5, 0.6) is 0 Å². The Kier molecular flexibility index (Phi) is 9.66. The lowest BCUT2D eigenvalue weighted by atomic mass is 10.1. The second-order valence-electron chi connectivity index (χ2n) is 6.17. The van der Waals surface area contributed by atoms with Crippen LogP contribution in [0.25, 0.3) is 0 Å². The highest BCUT2D eigenvalue weighted by atomic mass is 16.7. The van der Waals surface area contributed by atoms with E-state index < -0.39 is 36.9 Å². The number of rotatable bonds is 12. The Bertz CT molecular complexity index is 644. The zero-order valence-electron chi connectivity index (χ0n) is 15.9. The van der Waals surface area contributed by atoms with Gasteiger partial charge in [0.05, 0.1) is 6.42 Å². The highest BCUT2D eigenvalue weighted by Crippen LogP contribution is 2.18. The van der Waals surface area contributed by atoms with Gasteiger partial charge < -0.3 is 9.84 Å². The summed E-state index contributed by atoms with van der Waals surface area (Å²) in [6, 6.07) is -1.32. The number of carboxylic acids is 1. The molecule has 0 spiro atoms. The SMILES string of the molecule is C=C/C=C/COC(=O)N(CC=C)C(CC(=O)O)C(=O)CON1CCC(C)C1=O. The minimum atomic E-state index is -1.32. The van der Waals surface area contributed by atoms with Crippen molar-refractivity contribution in [2.24, 2.45) is 5.92 Å². The molecule has 2 amide bonds. The van der Waals surface area contributed by atoms with Crippen molar-refractivity contribution in [3.63, 3.8) is 0 Å². The molecule has 1 fully saturated rings. The summed E-state index contributed by atoms with van der Waals surface area (Å²) in [5.74, 6) is -2.35. The molecule has 9 heteroatoms. The molecule has 0 radical (unpaired) electrons. The largest absolute Gasteiger partial charge is 0.481 e. The van der Waals surface area contributed by atoms with Crippen molar-refractivity contribution < 1.29 is 33.9 Å². The smallest absolute Gasteiger partial charge is 0.410 e. The van der Waals surface area contributed by atoms with Crippen LogP contribution in [-0.2, 0) is 24.0 Å². The zero-order chi connectivity index (χ0) is 21.1. The molecule has 0 aromatic rings. The molecule has 1 aliphatic rings. The summed E-state index contributed by atoms with van der Waals surface area (Å²) >= 11 is 0. The van der Waals surface area contributed by atoms with E-state index in [0.717, 1.165) is 9.96 Å². The van der Waals surface area contributed by atoms with E-state index >= 15 is 0 Å². The second-order valence-corrected chi connectivity index (χ2v) is 6.17. The van der Waals surface area contributed by atoms with Gasteiger partial charge in [-0.2, -0.15) is 0 Å². The fourth-order valence-corrected chi connectivity index (χ4v) is 2.54. The number of carbonyl (C=O) groups excluding carboxylic acids is 3. The second kappa shape index (κ2) is 11.7. The Morgan fingerprint density at radius 3 is 2.64 bits per heavy atom. The lowest BCUT2D eigenvalue weighted by molar-refractivity contribution is -0.182. The van der Waals surface area contributed by atoms with E-state index in [1.54, 1.807) is 13.0 Å². The van der Waals surface area contributed by atoms with E-state index in [0.29, 0.717) is 13.0 Å². The zero-order valence-corrected chi connectivity index (χ0v) is 15.9. The number of ketones is 1. The topological polar surface area (TPSA) is 113 Å². The first-order valence-corrected chi connectivity index (χ1v) is 8.82. The van der Waals surface area contributed by atoms with E-state index in [4.69, 9.17) is 14.7 Å². The van der Waals surface area contributed by atoms with Gasteiger partial charge in [0.15, 0.2) is 5.78 Å². The lowest BCUT2D eigenvalue weighted by Gasteiger charge is -2.28. The molecule has 1 N–H and O–H groups in total. The Hall–Kier alpha value is -2.94. The average Bonchev–Trinajstić information content (AvgIpc) is 2.97. The molecule has 9 nitrogen and oxygen atoms in total. The van der Waals surface area contributed by atoms with Gasteiger partial charge in [-0.15, -0.1) is 6.58 Å². The van der Waals surface area contributed by atoms with E-state index in [9.17, 15) is 19.2 Å². The van der Waals surface area contributed by atoms with Crippen LogP contribution >= 0.6 is 0 Å². The number of allylic oxidation sites excluding steroid dienone is 2. The Morgan fingerprint density at radius 1 is 1.39 bits per heavy atom. The highest BCUT2D eigenvalue weighted by Gasteiger charge is 2.34. The molecule has 1 aliphatic heterocycles. The molecule has 0 aromatic carbocycles. The van der Waals surface area contributed by atoms with Crippen molar-refractivity contribution in [2.45, 2.75) is 25.8 Å². The van der Waals surface area contributed by atoms with Crippen molar-refractivity contribution in [3.05, 3.63) is 37.5 Å². The number of hydroxylamine groups is 2. The molecular formula is C19H26N2O7. The summed E-state index contributed by atoms with van der Waals surface area (Å²) in [7, 11) is 0. The average molecular weight is 394 g/mol. The third-order valence-corrected chi connectivity index (χ3v) is 4.05. The lowest BCUT2D eigenvalue weighted by Crippen LogP contribution is -2.48. The van der Waals surface area contributed by atoms with Crippen molar-refractivity contribution in [1.82, 2.24) is 9.96 Å². The minimum Gasteiger partial charge on any atom is -0.481 e. The molecule has 1 rings (SSSR count). The van der Waals surface area contributed by atoms with Gasteiger partial charge in [-0.1, -0.05) is 31.7 Å². The summed E-state index contributed by atoms with van der Waals surface area (Å²) in [6.07, 6.45) is 5.09. The number of hydrogen-bond donors (Lipinski definition) is 1. The van der Waals surface area contributed by atoms with Crippen LogP contribution in [0.15, 0.2) is 37.5 Å². The number of carbonyl (C=O) groups is 4. The van der Waals surface area contributed by atoms with E-state index in [2.05, 4.69) is 13.2 Å². The predicted octanol–water partition coefficient (Wildman–Crippen LogP) is 1.57. The van der Waals surface area contributed by atoms with Gasteiger partial charge in [0.1, 0.15) is 19.3 Å². The van der Waals surface area contributed by atoms with E-state index in [1.165, 1.54) is 18.2 Å². The maximum atomic E-state index is 12.6. The van der Waals surface area contributed by atoms with Gasteiger partial charge in [-0.05, 0) is 12.5 Å². The summed E-state index contributed by atoms with van der Waals surface area (Å²) < 4.78 is 5.03. The van der Waals surface area contributed by atoms with E-state index in [1.807, 2.05) is 0 Å². The summed E-state index contributed by atoms with van der Waals surface area (Å²) in [5.41, 5.74) is 0. The number of hydrogen-bond acceptors (Lipinski definition) is 6. The van der Waals surface area contributed by atoms with Crippen LogP contribution in [0.4, 0.5) is 4.79 Å². The molecule has 0 bridgehead atoms. The quantitative estimate of drug-likeness (QED) is 0.395. The van der Waals surface area contributed by atoms with Crippen molar-refractivity contribution >= 4 is 23.8 Å². The number of nitrogens with zero attached hydrogens (tertiary/aromatic N) is 2. The molecule has 0 saturated carbocycles. The minimum absolute atomic E-state index is 0.0663. The van der Waals surface area contributed by atoms with Crippen LogP contribution in [0.2, 0.25) is 0 Å². The van der Waals surface area contributed by atoms with Gasteiger partial charge in [0.25, 0.3) is 0 Å². The molecule has 2 atom stereocenters. The molecule has 2 unspecified atom stereocenters. The molecule has 1 heterocycles. The number of aliphatic carboxylic acids is 1. The number of Topliss-reactive ketones (excluding diaryl/α,β-unsaturated/α-hetero) is 1. The van der Waals surface area contributed by atoms with Gasteiger partial charge in [0, 0.05) is 19.0 Å². The third kappa shape index (κ3) is 6.99. The predicted molar refractivity (Wildman–Crippen MR) is 100 cm³/mol. The van der Waals surface area contributed by atoms with Crippen LogP contribution in [0, 0.1) is 5.92 Å². The van der Waals surface area contributed by atoms with Gasteiger partial charge >= 0.3 is 12.1 Å². The van der Waals surface area contributed by atoms with Crippen molar-refractivity contribution in [2.75, 3.05) is 26.3 Å². The molecule has 154 valence electrons. The number of carboxylic acid groups (broad SMARTS) is 1. The Labute approximate surface area is 163 Å². The van der Waals surface area contributed by atoms with Crippen molar-refractivity contribution in [3.8, 4) is 0 Å². The summed E-state index contributed by atoms with van der Waals surface area (Å²) in [5, 5.41) is 10.2. The van der Waals surface area contributed by atoms with Gasteiger partial charge in [-0.25, -0.2) is 9.86 Å². The van der Waals surface area contributed by atoms with Gasteiger partial charge in [0.2, 0.25) is 5.91 Å². The van der Waals surface area contributed by atoms with Gasteiger partial charge in [-0.3, -0.25) is 24.1 Å². The molecular weight excluding hydrogens is 368 g/mol. The van der Waals surface area contributed by atoms with E-state index in [-0.39, 0.29) is 25.0 Å². The fraction of sp³-hybridized carbons (Fsp3) is 0.474. The summed E-state index contributed by atoms with van der Waals surface area (Å²) in [6.45, 7) is 8.42. The maximum Gasteiger partial charge on any atom is 0.410 e. The molecule has 1 saturated heterocycles. The molecule has 0 aromatic heterocycles. The Balaban J connectivity index is 2.83. The Morgan fingerprint density at radius 2 is 2.11 bits per heavy atom.